The molecule has 0 heterocycles. The largest absolute Gasteiger partial charge is 0.0617 e. The zero-order chi connectivity index (χ0) is 13.4. The molecule has 1 aromatic rings. The Balaban J connectivity index is 2.48. The zero-order valence-corrected chi connectivity index (χ0v) is 12.5. The van der Waals surface area contributed by atoms with E-state index in [4.69, 9.17) is 0 Å². The summed E-state index contributed by atoms with van der Waals surface area (Å²) in [6, 6.07) is 9.10. The highest BCUT2D eigenvalue weighted by atomic mass is 14.3. The van der Waals surface area contributed by atoms with Crippen LogP contribution in [0.25, 0.3) is 0 Å². The molecular weight excluding hydrogens is 216 g/mol. The van der Waals surface area contributed by atoms with Gasteiger partial charge in [0.1, 0.15) is 0 Å². The fraction of sp³-hybridized carbons (Fsp3) is 0.444. The molecule has 0 radical (unpaired) electrons. The summed E-state index contributed by atoms with van der Waals surface area (Å²) in [6.07, 6.45) is 0. The SMILES string of the molecule is CC1=C(C)C(c2cccc(C(C)C)c2)C(C)=C1C. The van der Waals surface area contributed by atoms with Crippen molar-refractivity contribution in [2.24, 2.45) is 0 Å². The molecule has 0 heteroatoms. The maximum Gasteiger partial charge on any atom is 0.0264 e. The predicted octanol–water partition coefficient (Wildman–Crippen LogP) is 5.58. The molecular formula is C18H24. The topological polar surface area (TPSA) is 0 Å². The van der Waals surface area contributed by atoms with Crippen LogP contribution >= 0.6 is 0 Å². The van der Waals surface area contributed by atoms with Crippen LogP contribution in [-0.2, 0) is 0 Å². The Bertz CT molecular complexity index is 503. The highest BCUT2D eigenvalue weighted by Crippen LogP contribution is 2.43. The molecule has 0 aromatic heterocycles. The van der Waals surface area contributed by atoms with Crippen LogP contribution in [0.1, 0.15) is 64.5 Å². The second-order valence-corrected chi connectivity index (χ2v) is 5.87. The lowest BCUT2D eigenvalue weighted by atomic mass is 9.87. The van der Waals surface area contributed by atoms with Crippen molar-refractivity contribution in [3.05, 3.63) is 57.7 Å². The first-order chi connectivity index (χ1) is 8.43. The van der Waals surface area contributed by atoms with Crippen LogP contribution in [-0.4, -0.2) is 0 Å². The summed E-state index contributed by atoms with van der Waals surface area (Å²) < 4.78 is 0. The summed E-state index contributed by atoms with van der Waals surface area (Å²) in [5.41, 5.74) is 8.89. The van der Waals surface area contributed by atoms with Gasteiger partial charge >= 0.3 is 0 Å². The van der Waals surface area contributed by atoms with E-state index < -0.39 is 0 Å². The third kappa shape index (κ3) is 2.05. The van der Waals surface area contributed by atoms with Crippen LogP contribution in [0, 0.1) is 0 Å². The van der Waals surface area contributed by atoms with E-state index in [-0.39, 0.29) is 0 Å². The molecule has 96 valence electrons. The van der Waals surface area contributed by atoms with Gasteiger partial charge in [-0.1, -0.05) is 49.3 Å². The van der Waals surface area contributed by atoms with E-state index in [0.29, 0.717) is 11.8 Å². The molecule has 0 amide bonds. The van der Waals surface area contributed by atoms with E-state index >= 15 is 0 Å². The molecule has 0 fully saturated rings. The quantitative estimate of drug-likeness (QED) is 0.633. The Morgan fingerprint density at radius 2 is 1.44 bits per heavy atom. The molecule has 1 aliphatic rings. The smallest absolute Gasteiger partial charge is 0.0264 e. The molecule has 1 aliphatic carbocycles. The van der Waals surface area contributed by atoms with Gasteiger partial charge in [0.25, 0.3) is 0 Å². The Hall–Kier alpha value is -1.30. The summed E-state index contributed by atoms with van der Waals surface area (Å²) >= 11 is 0. The van der Waals surface area contributed by atoms with Crippen molar-refractivity contribution in [3.63, 3.8) is 0 Å². The number of benzene rings is 1. The number of hydrogen-bond donors (Lipinski definition) is 0. The lowest BCUT2D eigenvalue weighted by molar-refractivity contribution is 0.854. The summed E-state index contributed by atoms with van der Waals surface area (Å²) in [5.74, 6) is 1.10. The number of allylic oxidation sites excluding steroid dienone is 4. The fourth-order valence-corrected chi connectivity index (χ4v) is 2.95. The van der Waals surface area contributed by atoms with Crippen molar-refractivity contribution >= 4 is 0 Å². The van der Waals surface area contributed by atoms with Crippen LogP contribution in [0.15, 0.2) is 46.6 Å². The lowest BCUT2D eigenvalue weighted by Crippen LogP contribution is -2.00. The van der Waals surface area contributed by atoms with Gasteiger partial charge in [0.2, 0.25) is 0 Å². The third-order valence-electron chi connectivity index (χ3n) is 4.52. The summed E-state index contributed by atoms with van der Waals surface area (Å²) in [6.45, 7) is 13.6. The summed E-state index contributed by atoms with van der Waals surface area (Å²) in [7, 11) is 0. The molecule has 18 heavy (non-hydrogen) atoms. The van der Waals surface area contributed by atoms with Gasteiger partial charge in [0.05, 0.1) is 0 Å². The first-order valence-corrected chi connectivity index (χ1v) is 6.88. The highest BCUT2D eigenvalue weighted by Gasteiger charge is 2.25. The Morgan fingerprint density at radius 3 is 1.94 bits per heavy atom. The van der Waals surface area contributed by atoms with E-state index in [2.05, 4.69) is 65.8 Å². The minimum absolute atomic E-state index is 0.503. The number of rotatable bonds is 2. The van der Waals surface area contributed by atoms with E-state index in [9.17, 15) is 0 Å². The van der Waals surface area contributed by atoms with Crippen LogP contribution < -0.4 is 0 Å². The van der Waals surface area contributed by atoms with Crippen molar-refractivity contribution in [3.8, 4) is 0 Å². The van der Waals surface area contributed by atoms with E-state index in [0.717, 1.165) is 0 Å². The van der Waals surface area contributed by atoms with Crippen molar-refractivity contribution in [1.82, 2.24) is 0 Å². The zero-order valence-electron chi connectivity index (χ0n) is 12.5. The second kappa shape index (κ2) is 4.76. The fourth-order valence-electron chi connectivity index (χ4n) is 2.95. The van der Waals surface area contributed by atoms with E-state index in [1.807, 2.05) is 0 Å². The maximum absolute atomic E-state index is 2.38. The van der Waals surface area contributed by atoms with Crippen LogP contribution in [0.4, 0.5) is 0 Å². The lowest BCUT2D eigenvalue weighted by Gasteiger charge is -2.17. The minimum atomic E-state index is 0.503. The number of hydrogen-bond acceptors (Lipinski definition) is 0. The van der Waals surface area contributed by atoms with Gasteiger partial charge in [-0.05, 0) is 55.9 Å². The van der Waals surface area contributed by atoms with Gasteiger partial charge in [0, 0.05) is 5.92 Å². The van der Waals surface area contributed by atoms with Gasteiger partial charge in [-0.15, -0.1) is 0 Å². The first kappa shape index (κ1) is 13.1. The average molecular weight is 240 g/mol. The highest BCUT2D eigenvalue weighted by molar-refractivity contribution is 5.53. The second-order valence-electron chi connectivity index (χ2n) is 5.87. The summed E-state index contributed by atoms with van der Waals surface area (Å²) in [5, 5.41) is 0. The van der Waals surface area contributed by atoms with Crippen molar-refractivity contribution in [1.29, 1.82) is 0 Å². The molecule has 0 nitrogen and oxygen atoms in total. The Morgan fingerprint density at radius 1 is 0.889 bits per heavy atom. The van der Waals surface area contributed by atoms with Gasteiger partial charge < -0.3 is 0 Å². The average Bonchev–Trinajstić information content (AvgIpc) is 2.54. The third-order valence-corrected chi connectivity index (χ3v) is 4.52. The molecule has 0 spiro atoms. The minimum Gasteiger partial charge on any atom is -0.0617 e. The van der Waals surface area contributed by atoms with Crippen LogP contribution in [0.3, 0.4) is 0 Å². The van der Waals surface area contributed by atoms with Gasteiger partial charge in [-0.3, -0.25) is 0 Å². The molecule has 0 atom stereocenters. The van der Waals surface area contributed by atoms with E-state index in [1.165, 1.54) is 33.4 Å². The molecule has 0 bridgehead atoms. The Labute approximate surface area is 111 Å². The van der Waals surface area contributed by atoms with Crippen molar-refractivity contribution < 1.29 is 0 Å². The summed E-state index contributed by atoms with van der Waals surface area (Å²) in [4.78, 5) is 0. The molecule has 1 aromatic carbocycles. The normalized spacial score (nSPS) is 17.3. The molecule has 0 aliphatic heterocycles. The maximum atomic E-state index is 2.38. The van der Waals surface area contributed by atoms with Crippen LogP contribution in [0.2, 0.25) is 0 Å². The molecule has 0 saturated heterocycles. The van der Waals surface area contributed by atoms with Crippen molar-refractivity contribution in [2.45, 2.75) is 53.4 Å². The van der Waals surface area contributed by atoms with Gasteiger partial charge in [0.15, 0.2) is 0 Å². The monoisotopic (exact) mass is 240 g/mol. The van der Waals surface area contributed by atoms with Gasteiger partial charge in [-0.25, -0.2) is 0 Å². The molecule has 0 N–H and O–H groups in total. The predicted molar refractivity (Wildman–Crippen MR) is 80.0 cm³/mol. The van der Waals surface area contributed by atoms with Gasteiger partial charge in [-0.2, -0.15) is 0 Å². The molecule has 0 saturated carbocycles. The Kier molecular flexibility index (Phi) is 3.47. The molecule has 2 rings (SSSR count). The standard InChI is InChI=1S/C18H24/c1-11(2)16-8-7-9-17(10-16)18-14(5)12(3)13(4)15(18)6/h7-11,18H,1-6H3. The van der Waals surface area contributed by atoms with Crippen LogP contribution in [0.5, 0.6) is 0 Å². The van der Waals surface area contributed by atoms with Crippen molar-refractivity contribution in [2.75, 3.05) is 0 Å². The first-order valence-electron chi connectivity index (χ1n) is 6.88. The van der Waals surface area contributed by atoms with E-state index in [1.54, 1.807) is 0 Å². The molecule has 0 unspecified atom stereocenters.